The average Bonchev–Trinajstić information content (AvgIpc) is 2.75. The molecule has 0 fully saturated rings. The number of nitro benzene ring substituents is 1. The molecule has 1 aromatic heterocycles. The molecule has 0 saturated carbocycles. The maximum absolute atomic E-state index is 11.0. The Morgan fingerprint density at radius 1 is 1.37 bits per heavy atom. The summed E-state index contributed by atoms with van der Waals surface area (Å²) in [5, 5.41) is 14.1. The van der Waals surface area contributed by atoms with Gasteiger partial charge in [0.15, 0.2) is 4.67 Å². The Labute approximate surface area is 118 Å². The quantitative estimate of drug-likeness (QED) is 0.667. The summed E-state index contributed by atoms with van der Waals surface area (Å²) in [5.41, 5.74) is 1.51. The van der Waals surface area contributed by atoms with E-state index in [4.69, 9.17) is 4.42 Å². The van der Waals surface area contributed by atoms with E-state index in [1.807, 2.05) is 19.9 Å². The van der Waals surface area contributed by atoms with E-state index in [0.717, 1.165) is 5.56 Å². The molecule has 1 N–H and O–H groups in total. The zero-order valence-electron chi connectivity index (χ0n) is 10.5. The lowest BCUT2D eigenvalue weighted by Crippen LogP contribution is -2.07. The fourth-order valence-electron chi connectivity index (χ4n) is 1.79. The van der Waals surface area contributed by atoms with Gasteiger partial charge in [0.1, 0.15) is 11.4 Å². The molecule has 5 nitrogen and oxygen atoms in total. The van der Waals surface area contributed by atoms with E-state index in [0.29, 0.717) is 16.1 Å². The lowest BCUT2D eigenvalue weighted by molar-refractivity contribution is -0.384. The van der Waals surface area contributed by atoms with Gasteiger partial charge in [0, 0.05) is 6.07 Å². The number of furan rings is 1. The molecule has 0 saturated heterocycles. The van der Waals surface area contributed by atoms with Gasteiger partial charge in [-0.15, -0.1) is 0 Å². The Hall–Kier alpha value is -1.82. The summed E-state index contributed by atoms with van der Waals surface area (Å²) in [7, 11) is 0. The van der Waals surface area contributed by atoms with E-state index in [9.17, 15) is 10.1 Å². The number of aryl methyl sites for hydroxylation is 1. The number of rotatable bonds is 4. The van der Waals surface area contributed by atoms with Crippen molar-refractivity contribution in [3.05, 3.63) is 56.4 Å². The highest BCUT2D eigenvalue weighted by Gasteiger charge is 2.17. The van der Waals surface area contributed by atoms with Crippen molar-refractivity contribution < 1.29 is 9.34 Å². The molecule has 1 heterocycles. The second kappa shape index (κ2) is 5.44. The summed E-state index contributed by atoms with van der Waals surface area (Å²) in [4.78, 5) is 10.6. The highest BCUT2D eigenvalue weighted by atomic mass is 79.9. The summed E-state index contributed by atoms with van der Waals surface area (Å²) in [6, 6.07) is 8.43. The molecule has 0 aliphatic carbocycles. The van der Waals surface area contributed by atoms with Gasteiger partial charge in [-0.05, 0) is 53.5 Å². The Balaban J connectivity index is 2.27. The first-order chi connectivity index (χ1) is 8.97. The lowest BCUT2D eigenvalue weighted by Gasteiger charge is -2.13. The SMILES string of the molecule is Cc1ccc([N+](=O)[O-])c(NC(C)c2ccc(Br)o2)c1. The van der Waals surface area contributed by atoms with Crippen molar-refractivity contribution >= 4 is 27.3 Å². The van der Waals surface area contributed by atoms with Crippen LogP contribution in [0.5, 0.6) is 0 Å². The third-order valence-electron chi connectivity index (χ3n) is 2.74. The fourth-order valence-corrected chi connectivity index (χ4v) is 2.11. The van der Waals surface area contributed by atoms with Gasteiger partial charge >= 0.3 is 0 Å². The third kappa shape index (κ3) is 3.14. The molecule has 1 atom stereocenters. The van der Waals surface area contributed by atoms with Gasteiger partial charge < -0.3 is 9.73 Å². The van der Waals surface area contributed by atoms with Gasteiger partial charge in [-0.2, -0.15) is 0 Å². The summed E-state index contributed by atoms with van der Waals surface area (Å²) in [5.74, 6) is 0.711. The summed E-state index contributed by atoms with van der Waals surface area (Å²) in [6.45, 7) is 3.78. The van der Waals surface area contributed by atoms with Crippen LogP contribution < -0.4 is 5.32 Å². The Morgan fingerprint density at radius 2 is 2.11 bits per heavy atom. The van der Waals surface area contributed by atoms with E-state index >= 15 is 0 Å². The minimum atomic E-state index is -0.396. The van der Waals surface area contributed by atoms with E-state index in [-0.39, 0.29) is 11.7 Å². The lowest BCUT2D eigenvalue weighted by atomic mass is 10.1. The first kappa shape index (κ1) is 13.6. The van der Waals surface area contributed by atoms with Crippen molar-refractivity contribution in [2.45, 2.75) is 19.9 Å². The first-order valence-corrected chi connectivity index (χ1v) is 6.53. The molecule has 2 aromatic rings. The van der Waals surface area contributed by atoms with Crippen LogP contribution in [0.3, 0.4) is 0 Å². The fraction of sp³-hybridized carbons (Fsp3) is 0.231. The average molecular weight is 325 g/mol. The summed E-state index contributed by atoms with van der Waals surface area (Å²) < 4.78 is 6.07. The molecule has 0 amide bonds. The minimum Gasteiger partial charge on any atom is -0.452 e. The molecule has 19 heavy (non-hydrogen) atoms. The van der Waals surface area contributed by atoms with Crippen LogP contribution in [0.25, 0.3) is 0 Å². The van der Waals surface area contributed by atoms with Crippen LogP contribution in [0.15, 0.2) is 39.4 Å². The molecular formula is C13H13BrN2O3. The van der Waals surface area contributed by atoms with Gasteiger partial charge in [0.25, 0.3) is 5.69 Å². The number of halogens is 1. The van der Waals surface area contributed by atoms with E-state index in [1.54, 1.807) is 18.2 Å². The van der Waals surface area contributed by atoms with Crippen molar-refractivity contribution in [3.8, 4) is 0 Å². The Morgan fingerprint density at radius 3 is 2.68 bits per heavy atom. The molecule has 0 bridgehead atoms. The molecule has 0 aliphatic heterocycles. The zero-order chi connectivity index (χ0) is 14.0. The van der Waals surface area contributed by atoms with Crippen LogP contribution in [-0.2, 0) is 0 Å². The molecule has 100 valence electrons. The molecule has 0 radical (unpaired) electrons. The summed E-state index contributed by atoms with van der Waals surface area (Å²) in [6.07, 6.45) is 0. The van der Waals surface area contributed by atoms with Gasteiger partial charge in [-0.25, -0.2) is 0 Å². The smallest absolute Gasteiger partial charge is 0.292 e. The van der Waals surface area contributed by atoms with Crippen LogP contribution in [0.2, 0.25) is 0 Å². The van der Waals surface area contributed by atoms with Crippen molar-refractivity contribution in [1.82, 2.24) is 0 Å². The molecular weight excluding hydrogens is 312 g/mol. The topological polar surface area (TPSA) is 68.3 Å². The normalized spacial score (nSPS) is 12.2. The molecule has 2 rings (SSSR count). The van der Waals surface area contributed by atoms with Crippen molar-refractivity contribution in [1.29, 1.82) is 0 Å². The second-order valence-corrected chi connectivity index (χ2v) is 5.07. The number of hydrogen-bond acceptors (Lipinski definition) is 4. The van der Waals surface area contributed by atoms with Gasteiger partial charge in [-0.1, -0.05) is 6.07 Å². The second-order valence-electron chi connectivity index (χ2n) is 4.29. The van der Waals surface area contributed by atoms with Gasteiger partial charge in [-0.3, -0.25) is 10.1 Å². The zero-order valence-corrected chi connectivity index (χ0v) is 12.1. The van der Waals surface area contributed by atoms with Crippen molar-refractivity contribution in [3.63, 3.8) is 0 Å². The van der Waals surface area contributed by atoms with E-state index in [1.165, 1.54) is 6.07 Å². The predicted molar refractivity (Wildman–Crippen MR) is 76.3 cm³/mol. The highest BCUT2D eigenvalue weighted by Crippen LogP contribution is 2.30. The minimum absolute atomic E-state index is 0.0584. The highest BCUT2D eigenvalue weighted by molar-refractivity contribution is 9.10. The molecule has 0 aliphatic rings. The monoisotopic (exact) mass is 324 g/mol. The summed E-state index contributed by atoms with van der Waals surface area (Å²) >= 11 is 3.23. The first-order valence-electron chi connectivity index (χ1n) is 5.74. The van der Waals surface area contributed by atoms with Crippen LogP contribution in [0, 0.1) is 17.0 Å². The number of nitro groups is 1. The third-order valence-corrected chi connectivity index (χ3v) is 3.17. The predicted octanol–water partition coefficient (Wildman–Crippen LogP) is 4.43. The number of nitrogens with zero attached hydrogens (tertiary/aromatic N) is 1. The van der Waals surface area contributed by atoms with Crippen LogP contribution >= 0.6 is 15.9 Å². The van der Waals surface area contributed by atoms with Crippen molar-refractivity contribution in [2.24, 2.45) is 0 Å². The number of hydrogen-bond donors (Lipinski definition) is 1. The Bertz CT molecular complexity index is 610. The van der Waals surface area contributed by atoms with Crippen molar-refractivity contribution in [2.75, 3.05) is 5.32 Å². The van der Waals surface area contributed by atoms with E-state index < -0.39 is 4.92 Å². The maximum atomic E-state index is 11.0. The standard InChI is InChI=1S/C13H13BrN2O3/c1-8-3-4-11(16(17)18)10(7-8)15-9(2)12-5-6-13(14)19-12/h3-7,9,15H,1-2H3. The van der Waals surface area contributed by atoms with Crippen LogP contribution in [0.4, 0.5) is 11.4 Å². The molecule has 6 heteroatoms. The van der Waals surface area contributed by atoms with Gasteiger partial charge in [0.2, 0.25) is 0 Å². The van der Waals surface area contributed by atoms with Crippen LogP contribution in [-0.4, -0.2) is 4.92 Å². The van der Waals surface area contributed by atoms with Gasteiger partial charge in [0.05, 0.1) is 11.0 Å². The number of benzene rings is 1. The largest absolute Gasteiger partial charge is 0.452 e. The molecule has 1 aromatic carbocycles. The number of nitrogens with one attached hydrogen (secondary N) is 1. The number of anilines is 1. The molecule has 0 spiro atoms. The maximum Gasteiger partial charge on any atom is 0.292 e. The Kier molecular flexibility index (Phi) is 3.90. The van der Waals surface area contributed by atoms with E-state index in [2.05, 4.69) is 21.2 Å². The molecule has 1 unspecified atom stereocenters. The van der Waals surface area contributed by atoms with Crippen LogP contribution in [0.1, 0.15) is 24.3 Å².